The van der Waals surface area contributed by atoms with E-state index in [-0.39, 0.29) is 24.2 Å². The first kappa shape index (κ1) is 18.8. The highest BCUT2D eigenvalue weighted by molar-refractivity contribution is 7.10. The molecule has 0 unspecified atom stereocenters. The molecule has 6 nitrogen and oxygen atoms in total. The molecular weight excluding hydrogens is 362 g/mol. The van der Waals surface area contributed by atoms with Crippen LogP contribution in [0.2, 0.25) is 0 Å². The number of carbonyl (C=O) groups is 2. The maximum atomic E-state index is 12.0. The van der Waals surface area contributed by atoms with Crippen LogP contribution in [0.4, 0.5) is 5.69 Å². The van der Waals surface area contributed by atoms with Crippen LogP contribution in [0.3, 0.4) is 0 Å². The molecule has 0 saturated carbocycles. The zero-order chi connectivity index (χ0) is 19.2. The number of nitrogens with zero attached hydrogens (tertiary/aromatic N) is 1. The first-order valence-electron chi connectivity index (χ1n) is 8.66. The van der Waals surface area contributed by atoms with Crippen molar-refractivity contribution in [2.45, 2.75) is 26.8 Å². The number of thiazole rings is 1. The van der Waals surface area contributed by atoms with Gasteiger partial charge in [-0.1, -0.05) is 26.0 Å². The molecular formula is C20H21N3O3S. The summed E-state index contributed by atoms with van der Waals surface area (Å²) < 4.78 is 5.19. The number of carbonyl (C=O) groups excluding carboxylic acids is 2. The lowest BCUT2D eigenvalue weighted by Gasteiger charge is -2.07. The van der Waals surface area contributed by atoms with Crippen LogP contribution in [-0.4, -0.2) is 16.8 Å². The smallest absolute Gasteiger partial charge is 0.227 e. The molecule has 3 rings (SSSR count). The summed E-state index contributed by atoms with van der Waals surface area (Å²) in [5.74, 6) is 0.538. The summed E-state index contributed by atoms with van der Waals surface area (Å²) in [7, 11) is 0. The average Bonchev–Trinajstić information content (AvgIpc) is 3.32. The lowest BCUT2D eigenvalue weighted by atomic mass is 10.1. The van der Waals surface area contributed by atoms with Gasteiger partial charge in [-0.2, -0.15) is 0 Å². The molecule has 2 aromatic heterocycles. The number of hydrogen-bond donors (Lipinski definition) is 2. The molecule has 0 atom stereocenters. The van der Waals surface area contributed by atoms with Crippen LogP contribution in [0.15, 0.2) is 52.5 Å². The van der Waals surface area contributed by atoms with Crippen molar-refractivity contribution in [1.29, 1.82) is 0 Å². The van der Waals surface area contributed by atoms with Gasteiger partial charge in [0.2, 0.25) is 11.8 Å². The van der Waals surface area contributed by atoms with Crippen LogP contribution in [0.25, 0.3) is 11.3 Å². The number of amides is 2. The number of furan rings is 1. The second-order valence-electron chi connectivity index (χ2n) is 6.38. The quantitative estimate of drug-likeness (QED) is 0.649. The van der Waals surface area contributed by atoms with E-state index in [4.69, 9.17) is 4.42 Å². The minimum absolute atomic E-state index is 0.0146. The molecule has 0 fully saturated rings. The summed E-state index contributed by atoms with van der Waals surface area (Å²) in [5, 5.41) is 8.35. The molecule has 140 valence electrons. The van der Waals surface area contributed by atoms with Gasteiger partial charge >= 0.3 is 0 Å². The predicted molar refractivity (Wildman–Crippen MR) is 105 cm³/mol. The van der Waals surface area contributed by atoms with Crippen LogP contribution < -0.4 is 10.6 Å². The number of anilines is 1. The minimum Gasteiger partial charge on any atom is -0.467 e. The Morgan fingerprint density at radius 2 is 1.96 bits per heavy atom. The van der Waals surface area contributed by atoms with E-state index < -0.39 is 0 Å². The average molecular weight is 383 g/mol. The van der Waals surface area contributed by atoms with Gasteiger partial charge in [0.25, 0.3) is 0 Å². The van der Waals surface area contributed by atoms with Crippen molar-refractivity contribution >= 4 is 28.8 Å². The molecule has 3 aromatic rings. The van der Waals surface area contributed by atoms with Crippen LogP contribution in [-0.2, 0) is 22.6 Å². The summed E-state index contributed by atoms with van der Waals surface area (Å²) in [6.07, 6.45) is 1.81. The van der Waals surface area contributed by atoms with E-state index in [9.17, 15) is 9.59 Å². The van der Waals surface area contributed by atoms with E-state index in [0.717, 1.165) is 22.0 Å². The largest absolute Gasteiger partial charge is 0.467 e. The molecule has 0 aliphatic heterocycles. The number of benzene rings is 1. The Balaban J connectivity index is 1.56. The Morgan fingerprint density at radius 3 is 2.63 bits per heavy atom. The van der Waals surface area contributed by atoms with Crippen LogP contribution in [0.1, 0.15) is 24.6 Å². The van der Waals surface area contributed by atoms with Gasteiger partial charge < -0.3 is 15.1 Å². The van der Waals surface area contributed by atoms with E-state index in [0.29, 0.717) is 12.3 Å². The molecule has 7 heteroatoms. The zero-order valence-electron chi connectivity index (χ0n) is 15.2. The van der Waals surface area contributed by atoms with Crippen molar-refractivity contribution in [2.24, 2.45) is 5.92 Å². The van der Waals surface area contributed by atoms with Crippen molar-refractivity contribution in [3.63, 3.8) is 0 Å². The second kappa shape index (κ2) is 8.64. The summed E-state index contributed by atoms with van der Waals surface area (Å²) >= 11 is 1.45. The van der Waals surface area contributed by atoms with Gasteiger partial charge in [0.05, 0.1) is 24.9 Å². The van der Waals surface area contributed by atoms with E-state index in [1.165, 1.54) is 11.3 Å². The highest BCUT2D eigenvalue weighted by Crippen LogP contribution is 2.24. The van der Waals surface area contributed by atoms with E-state index in [2.05, 4.69) is 15.6 Å². The maximum Gasteiger partial charge on any atom is 0.227 e. The number of rotatable bonds is 7. The molecule has 2 amide bonds. The normalized spacial score (nSPS) is 10.8. The Labute approximate surface area is 161 Å². The third-order valence-electron chi connectivity index (χ3n) is 3.88. The standard InChI is InChI=1S/C20H21N3O3S/c1-13(2)20(25)22-15-7-5-14(6-8-15)17-12-27-19(23-17)10-18(24)21-11-16-4-3-9-26-16/h3-9,12-13H,10-11H2,1-2H3,(H,21,24)(H,22,25). The lowest BCUT2D eigenvalue weighted by molar-refractivity contribution is -0.121. The summed E-state index contributed by atoms with van der Waals surface area (Å²) in [6, 6.07) is 11.1. The molecule has 0 radical (unpaired) electrons. The second-order valence-corrected chi connectivity index (χ2v) is 7.32. The molecule has 0 aliphatic rings. The lowest BCUT2D eigenvalue weighted by Crippen LogP contribution is -2.24. The van der Waals surface area contributed by atoms with Gasteiger partial charge in [-0.15, -0.1) is 11.3 Å². The Kier molecular flexibility index (Phi) is 6.03. The molecule has 1 aromatic carbocycles. The first-order valence-corrected chi connectivity index (χ1v) is 9.54. The number of hydrogen-bond acceptors (Lipinski definition) is 5. The van der Waals surface area contributed by atoms with Crippen LogP contribution in [0, 0.1) is 5.92 Å². The zero-order valence-corrected chi connectivity index (χ0v) is 16.0. The van der Waals surface area contributed by atoms with Crippen LogP contribution in [0.5, 0.6) is 0 Å². The topological polar surface area (TPSA) is 84.2 Å². The monoisotopic (exact) mass is 383 g/mol. The third-order valence-corrected chi connectivity index (χ3v) is 4.72. The van der Waals surface area contributed by atoms with Gasteiger partial charge in [-0.05, 0) is 24.3 Å². The summed E-state index contributed by atoms with van der Waals surface area (Å²) in [4.78, 5) is 28.3. The van der Waals surface area contributed by atoms with E-state index in [1.807, 2.05) is 49.6 Å². The Morgan fingerprint density at radius 1 is 1.19 bits per heavy atom. The summed E-state index contributed by atoms with van der Waals surface area (Å²) in [6.45, 7) is 4.07. The van der Waals surface area contributed by atoms with Gasteiger partial charge in [-0.3, -0.25) is 9.59 Å². The fourth-order valence-corrected chi connectivity index (χ4v) is 3.14. The molecule has 0 bridgehead atoms. The first-order chi connectivity index (χ1) is 13.0. The highest BCUT2D eigenvalue weighted by Gasteiger charge is 2.11. The minimum atomic E-state index is -0.0981. The Hall–Kier alpha value is -2.93. The van der Waals surface area contributed by atoms with E-state index >= 15 is 0 Å². The van der Waals surface area contributed by atoms with Crippen molar-refractivity contribution in [3.05, 3.63) is 58.8 Å². The fourth-order valence-electron chi connectivity index (χ4n) is 2.33. The van der Waals surface area contributed by atoms with Crippen molar-refractivity contribution < 1.29 is 14.0 Å². The Bertz CT molecular complexity index is 899. The van der Waals surface area contributed by atoms with Gasteiger partial charge in [0.1, 0.15) is 10.8 Å². The third kappa shape index (κ3) is 5.27. The van der Waals surface area contributed by atoms with Gasteiger partial charge in [-0.25, -0.2) is 4.98 Å². The highest BCUT2D eigenvalue weighted by atomic mass is 32.1. The molecule has 2 heterocycles. The molecule has 0 aliphatic carbocycles. The van der Waals surface area contributed by atoms with Crippen LogP contribution >= 0.6 is 11.3 Å². The van der Waals surface area contributed by atoms with Crippen molar-refractivity contribution in [1.82, 2.24) is 10.3 Å². The van der Waals surface area contributed by atoms with E-state index in [1.54, 1.807) is 12.3 Å². The molecule has 0 spiro atoms. The molecule has 0 saturated heterocycles. The van der Waals surface area contributed by atoms with Crippen molar-refractivity contribution in [3.8, 4) is 11.3 Å². The summed E-state index contributed by atoms with van der Waals surface area (Å²) in [5.41, 5.74) is 2.51. The molecule has 2 N–H and O–H groups in total. The number of aromatic nitrogens is 1. The predicted octanol–water partition coefficient (Wildman–Crippen LogP) is 3.86. The SMILES string of the molecule is CC(C)C(=O)Nc1ccc(-c2csc(CC(=O)NCc3ccco3)n2)cc1. The van der Waals surface area contributed by atoms with Gasteiger partial charge in [0.15, 0.2) is 0 Å². The van der Waals surface area contributed by atoms with Gasteiger partial charge in [0, 0.05) is 22.5 Å². The number of nitrogens with one attached hydrogen (secondary N) is 2. The fraction of sp³-hybridized carbons (Fsp3) is 0.250. The van der Waals surface area contributed by atoms with Crippen molar-refractivity contribution in [2.75, 3.05) is 5.32 Å². The maximum absolute atomic E-state index is 12.0. The molecule has 27 heavy (non-hydrogen) atoms.